The maximum Gasteiger partial charge on any atom is 0.311 e. The van der Waals surface area contributed by atoms with Crippen molar-refractivity contribution in [1.29, 1.82) is 0 Å². The number of aromatic nitrogens is 1. The highest BCUT2D eigenvalue weighted by atomic mass is 16.4. The Kier molecular flexibility index (Phi) is 3.07. The Hall–Kier alpha value is -1.91. The zero-order chi connectivity index (χ0) is 13.3. The van der Waals surface area contributed by atoms with E-state index in [1.165, 1.54) is 13.1 Å². The monoisotopic (exact) mass is 248 g/mol. The summed E-state index contributed by atoms with van der Waals surface area (Å²) in [6.45, 7) is 4.37. The van der Waals surface area contributed by atoms with E-state index >= 15 is 0 Å². The first-order valence-corrected chi connectivity index (χ1v) is 5.88. The molecular weight excluding hydrogens is 232 g/mol. The molecule has 1 aliphatic rings. The molecule has 2 rings (SSSR count). The van der Waals surface area contributed by atoms with Gasteiger partial charge in [-0.2, -0.15) is 0 Å². The van der Waals surface area contributed by atoms with Gasteiger partial charge in [-0.3, -0.25) is 9.59 Å². The highest BCUT2D eigenvalue weighted by molar-refractivity contribution is 5.93. The number of hydrogen-bond donors (Lipinski definition) is 1. The molecule has 0 aromatic carbocycles. The van der Waals surface area contributed by atoms with Crippen LogP contribution in [0.5, 0.6) is 0 Å². The van der Waals surface area contributed by atoms with Crippen LogP contribution in [0.4, 0.5) is 5.82 Å². The summed E-state index contributed by atoms with van der Waals surface area (Å²) < 4.78 is 0. The number of anilines is 1. The highest BCUT2D eigenvalue weighted by Gasteiger charge is 2.40. The van der Waals surface area contributed by atoms with E-state index in [0.717, 1.165) is 5.82 Å². The molecule has 1 atom stereocenters. The summed E-state index contributed by atoms with van der Waals surface area (Å²) in [5.74, 6) is -0.0684. The van der Waals surface area contributed by atoms with E-state index in [1.54, 1.807) is 19.1 Å². The SMILES string of the molecule is CC(=O)c1ccc(N2CCC(C)(C(=O)O)C2)nc1. The average molecular weight is 248 g/mol. The van der Waals surface area contributed by atoms with Crippen LogP contribution >= 0.6 is 0 Å². The summed E-state index contributed by atoms with van der Waals surface area (Å²) in [4.78, 5) is 28.5. The van der Waals surface area contributed by atoms with E-state index in [-0.39, 0.29) is 5.78 Å². The Bertz CT molecular complexity index is 484. The van der Waals surface area contributed by atoms with Crippen molar-refractivity contribution < 1.29 is 14.7 Å². The largest absolute Gasteiger partial charge is 0.481 e. The number of carbonyl (C=O) groups is 2. The van der Waals surface area contributed by atoms with Gasteiger partial charge in [0.1, 0.15) is 5.82 Å². The standard InChI is InChI=1S/C13H16N2O3/c1-9(16)10-3-4-11(14-7-10)15-6-5-13(2,8-15)12(17)18/h3-4,7H,5-6,8H2,1-2H3,(H,17,18). The van der Waals surface area contributed by atoms with Crippen LogP contribution < -0.4 is 4.90 Å². The van der Waals surface area contributed by atoms with Gasteiger partial charge < -0.3 is 10.0 Å². The second-order valence-corrected chi connectivity index (χ2v) is 5.00. The minimum Gasteiger partial charge on any atom is -0.481 e. The molecule has 0 aliphatic carbocycles. The van der Waals surface area contributed by atoms with Gasteiger partial charge in [-0.15, -0.1) is 0 Å². The minimum absolute atomic E-state index is 0.0224. The van der Waals surface area contributed by atoms with Crippen LogP contribution in [0.25, 0.3) is 0 Å². The van der Waals surface area contributed by atoms with E-state index in [2.05, 4.69) is 4.98 Å². The molecule has 5 nitrogen and oxygen atoms in total. The fraction of sp³-hybridized carbons (Fsp3) is 0.462. The number of ketones is 1. The number of pyridine rings is 1. The minimum atomic E-state index is -0.773. The lowest BCUT2D eigenvalue weighted by Crippen LogP contribution is -2.31. The van der Waals surface area contributed by atoms with Gasteiger partial charge >= 0.3 is 5.97 Å². The predicted octanol–water partition coefficient (Wildman–Crippen LogP) is 1.59. The van der Waals surface area contributed by atoms with Gasteiger partial charge in [0.15, 0.2) is 5.78 Å². The Balaban J connectivity index is 2.15. The summed E-state index contributed by atoms with van der Waals surface area (Å²) in [6, 6.07) is 3.49. The van der Waals surface area contributed by atoms with Gasteiger partial charge in [0.2, 0.25) is 0 Å². The maximum atomic E-state index is 11.2. The lowest BCUT2D eigenvalue weighted by Gasteiger charge is -2.20. The molecule has 1 aromatic heterocycles. The molecular formula is C13H16N2O3. The van der Waals surface area contributed by atoms with Gasteiger partial charge in [0.25, 0.3) is 0 Å². The van der Waals surface area contributed by atoms with Gasteiger partial charge in [-0.05, 0) is 32.4 Å². The topological polar surface area (TPSA) is 70.5 Å². The number of aliphatic carboxylic acids is 1. The lowest BCUT2D eigenvalue weighted by molar-refractivity contribution is -0.146. The molecule has 2 heterocycles. The molecule has 1 unspecified atom stereocenters. The van der Waals surface area contributed by atoms with Crippen LogP contribution in [0.3, 0.4) is 0 Å². The van der Waals surface area contributed by atoms with Crippen LogP contribution in [-0.2, 0) is 4.79 Å². The van der Waals surface area contributed by atoms with Crippen molar-refractivity contribution in [2.24, 2.45) is 5.41 Å². The second-order valence-electron chi connectivity index (χ2n) is 5.00. The van der Waals surface area contributed by atoms with Crippen LogP contribution in [0.15, 0.2) is 18.3 Å². The van der Waals surface area contributed by atoms with Crippen molar-refractivity contribution in [2.45, 2.75) is 20.3 Å². The molecule has 1 fully saturated rings. The van der Waals surface area contributed by atoms with Crippen LogP contribution in [-0.4, -0.2) is 34.9 Å². The van der Waals surface area contributed by atoms with Crippen LogP contribution in [0, 0.1) is 5.41 Å². The number of hydrogen-bond acceptors (Lipinski definition) is 4. The first kappa shape index (κ1) is 12.5. The van der Waals surface area contributed by atoms with E-state index in [1.807, 2.05) is 4.90 Å². The summed E-state index contributed by atoms with van der Waals surface area (Å²) in [5, 5.41) is 9.16. The Morgan fingerprint density at radius 2 is 2.17 bits per heavy atom. The first-order chi connectivity index (χ1) is 8.42. The van der Waals surface area contributed by atoms with Crippen molar-refractivity contribution >= 4 is 17.6 Å². The molecule has 1 N–H and O–H groups in total. The van der Waals surface area contributed by atoms with Gasteiger partial charge in [-0.1, -0.05) is 0 Å². The molecule has 5 heteroatoms. The molecule has 18 heavy (non-hydrogen) atoms. The van der Waals surface area contributed by atoms with Gasteiger partial charge in [-0.25, -0.2) is 4.98 Å². The average Bonchev–Trinajstić information content (AvgIpc) is 2.73. The molecule has 0 saturated carbocycles. The Morgan fingerprint density at radius 1 is 1.44 bits per heavy atom. The number of carboxylic acid groups (broad SMARTS) is 1. The number of carboxylic acids is 1. The fourth-order valence-electron chi connectivity index (χ4n) is 2.11. The molecule has 0 radical (unpaired) electrons. The molecule has 1 aliphatic heterocycles. The molecule has 1 aromatic rings. The summed E-state index contributed by atoms with van der Waals surface area (Å²) in [5.41, 5.74) is -0.139. The summed E-state index contributed by atoms with van der Waals surface area (Å²) in [6.07, 6.45) is 2.15. The number of rotatable bonds is 3. The third kappa shape index (κ3) is 2.20. The van der Waals surface area contributed by atoms with Gasteiger partial charge in [0.05, 0.1) is 5.41 Å². The first-order valence-electron chi connectivity index (χ1n) is 5.88. The van der Waals surface area contributed by atoms with Crippen molar-refractivity contribution in [3.63, 3.8) is 0 Å². The molecule has 96 valence electrons. The summed E-state index contributed by atoms with van der Waals surface area (Å²) in [7, 11) is 0. The zero-order valence-corrected chi connectivity index (χ0v) is 10.5. The number of carbonyl (C=O) groups excluding carboxylic acids is 1. The third-order valence-corrected chi connectivity index (χ3v) is 3.47. The van der Waals surface area contributed by atoms with Gasteiger partial charge in [0, 0.05) is 24.8 Å². The molecule has 0 spiro atoms. The van der Waals surface area contributed by atoms with E-state index in [9.17, 15) is 9.59 Å². The molecule has 1 saturated heterocycles. The quantitative estimate of drug-likeness (QED) is 0.822. The third-order valence-electron chi connectivity index (χ3n) is 3.47. The Morgan fingerprint density at radius 3 is 2.61 bits per heavy atom. The Labute approximate surface area is 105 Å². The van der Waals surface area contributed by atoms with Crippen molar-refractivity contribution in [3.05, 3.63) is 23.9 Å². The van der Waals surface area contributed by atoms with Crippen molar-refractivity contribution in [1.82, 2.24) is 4.98 Å². The van der Waals surface area contributed by atoms with E-state index < -0.39 is 11.4 Å². The number of nitrogens with zero attached hydrogens (tertiary/aromatic N) is 2. The van der Waals surface area contributed by atoms with E-state index in [4.69, 9.17) is 5.11 Å². The zero-order valence-electron chi connectivity index (χ0n) is 10.5. The summed E-state index contributed by atoms with van der Waals surface area (Å²) >= 11 is 0. The van der Waals surface area contributed by atoms with E-state index in [0.29, 0.717) is 25.1 Å². The smallest absolute Gasteiger partial charge is 0.311 e. The highest BCUT2D eigenvalue weighted by Crippen LogP contribution is 2.32. The molecule has 0 bridgehead atoms. The fourth-order valence-corrected chi connectivity index (χ4v) is 2.11. The second kappa shape index (κ2) is 4.40. The molecule has 0 amide bonds. The lowest BCUT2D eigenvalue weighted by atomic mass is 9.90. The van der Waals surface area contributed by atoms with Crippen LogP contribution in [0.2, 0.25) is 0 Å². The maximum absolute atomic E-state index is 11.2. The number of Topliss-reactive ketones (excluding diaryl/α,β-unsaturated/α-hetero) is 1. The van der Waals surface area contributed by atoms with Crippen molar-refractivity contribution in [2.75, 3.05) is 18.0 Å². The van der Waals surface area contributed by atoms with Crippen LogP contribution in [0.1, 0.15) is 30.6 Å². The van der Waals surface area contributed by atoms with Crippen molar-refractivity contribution in [3.8, 4) is 0 Å². The predicted molar refractivity (Wildman–Crippen MR) is 66.8 cm³/mol. The normalized spacial score (nSPS) is 23.1.